The van der Waals surface area contributed by atoms with Gasteiger partial charge in [0.2, 0.25) is 0 Å². The summed E-state index contributed by atoms with van der Waals surface area (Å²) in [6, 6.07) is 4.23. The van der Waals surface area contributed by atoms with Crippen LogP contribution >= 0.6 is 0 Å². The standard InChI is InChI=1S/C14H17N3O3/c18-11-7-10(8-12(19)9-11)13-15-14(16-20-13)17-5-3-1-2-4-6-17/h7-9,18-19H,1-6H2. The van der Waals surface area contributed by atoms with Gasteiger partial charge in [0, 0.05) is 24.7 Å². The number of nitrogens with zero attached hydrogens (tertiary/aromatic N) is 3. The lowest BCUT2D eigenvalue weighted by Crippen LogP contribution is -2.24. The van der Waals surface area contributed by atoms with Crippen molar-refractivity contribution in [2.75, 3.05) is 18.0 Å². The Hall–Kier alpha value is -2.24. The molecule has 6 heteroatoms. The van der Waals surface area contributed by atoms with Crippen LogP contribution in [0.4, 0.5) is 5.95 Å². The molecule has 2 aromatic rings. The molecule has 3 rings (SSSR count). The summed E-state index contributed by atoms with van der Waals surface area (Å²) in [5, 5.41) is 23.0. The summed E-state index contributed by atoms with van der Waals surface area (Å²) in [5.74, 6) is 0.809. The Morgan fingerprint density at radius 3 is 2.25 bits per heavy atom. The van der Waals surface area contributed by atoms with Crippen molar-refractivity contribution in [3.63, 3.8) is 0 Å². The zero-order chi connectivity index (χ0) is 13.9. The predicted octanol–water partition coefficient (Wildman–Crippen LogP) is 2.53. The lowest BCUT2D eigenvalue weighted by Gasteiger charge is -2.16. The highest BCUT2D eigenvalue weighted by Gasteiger charge is 2.17. The normalized spacial score (nSPS) is 16.1. The van der Waals surface area contributed by atoms with Crippen LogP contribution in [0.2, 0.25) is 0 Å². The van der Waals surface area contributed by atoms with E-state index in [-0.39, 0.29) is 11.5 Å². The molecule has 0 atom stereocenters. The Morgan fingerprint density at radius 1 is 0.950 bits per heavy atom. The minimum atomic E-state index is -0.0328. The van der Waals surface area contributed by atoms with E-state index in [1.54, 1.807) is 0 Å². The molecule has 0 aliphatic carbocycles. The molecule has 0 radical (unpaired) electrons. The van der Waals surface area contributed by atoms with Crippen molar-refractivity contribution in [1.82, 2.24) is 10.1 Å². The minimum Gasteiger partial charge on any atom is -0.508 e. The number of phenols is 2. The monoisotopic (exact) mass is 275 g/mol. The third-order valence-corrected chi connectivity index (χ3v) is 3.45. The van der Waals surface area contributed by atoms with Gasteiger partial charge in [-0.2, -0.15) is 4.98 Å². The van der Waals surface area contributed by atoms with Crippen LogP contribution in [0.3, 0.4) is 0 Å². The van der Waals surface area contributed by atoms with Gasteiger partial charge in [0.1, 0.15) is 11.5 Å². The van der Waals surface area contributed by atoms with Gasteiger partial charge in [0.05, 0.1) is 0 Å². The highest BCUT2D eigenvalue weighted by atomic mass is 16.5. The molecule has 1 aliphatic rings. The van der Waals surface area contributed by atoms with Gasteiger partial charge in [-0.25, -0.2) is 0 Å². The van der Waals surface area contributed by atoms with E-state index in [2.05, 4.69) is 15.0 Å². The molecule has 1 aromatic heterocycles. The summed E-state index contributed by atoms with van der Waals surface area (Å²) < 4.78 is 5.23. The number of hydrogen-bond acceptors (Lipinski definition) is 6. The van der Waals surface area contributed by atoms with Crippen LogP contribution in [0, 0.1) is 0 Å². The summed E-state index contributed by atoms with van der Waals surface area (Å²) in [7, 11) is 0. The number of benzene rings is 1. The summed E-state index contributed by atoms with van der Waals surface area (Å²) in [4.78, 5) is 6.47. The van der Waals surface area contributed by atoms with Crippen molar-refractivity contribution in [3.8, 4) is 23.0 Å². The van der Waals surface area contributed by atoms with Crippen LogP contribution in [0.1, 0.15) is 25.7 Å². The van der Waals surface area contributed by atoms with Crippen LogP contribution in [-0.2, 0) is 0 Å². The molecule has 0 amide bonds. The molecule has 0 saturated carbocycles. The fourth-order valence-corrected chi connectivity index (χ4v) is 2.45. The van der Waals surface area contributed by atoms with Gasteiger partial charge in [-0.1, -0.05) is 12.8 Å². The van der Waals surface area contributed by atoms with Crippen LogP contribution < -0.4 is 4.90 Å². The maximum Gasteiger partial charge on any atom is 0.266 e. The SMILES string of the molecule is Oc1cc(O)cc(-c2nc(N3CCCCCC3)no2)c1. The van der Waals surface area contributed by atoms with Crippen LogP contribution in [-0.4, -0.2) is 33.4 Å². The van der Waals surface area contributed by atoms with Gasteiger partial charge in [-0.15, -0.1) is 0 Å². The highest BCUT2D eigenvalue weighted by Crippen LogP contribution is 2.28. The first-order valence-corrected chi connectivity index (χ1v) is 6.84. The summed E-state index contributed by atoms with van der Waals surface area (Å²) in [5.41, 5.74) is 0.510. The Kier molecular flexibility index (Phi) is 3.45. The smallest absolute Gasteiger partial charge is 0.266 e. The van der Waals surface area contributed by atoms with E-state index < -0.39 is 0 Å². The van der Waals surface area contributed by atoms with E-state index in [1.807, 2.05) is 0 Å². The van der Waals surface area contributed by atoms with E-state index in [0.29, 0.717) is 17.4 Å². The van der Waals surface area contributed by atoms with E-state index in [9.17, 15) is 10.2 Å². The Bertz CT molecular complexity index is 569. The molecular formula is C14H17N3O3. The number of phenolic OH excluding ortho intramolecular Hbond substituents is 2. The third kappa shape index (κ3) is 2.68. The molecule has 1 fully saturated rings. The summed E-state index contributed by atoms with van der Waals surface area (Å²) >= 11 is 0. The lowest BCUT2D eigenvalue weighted by atomic mass is 10.2. The van der Waals surface area contributed by atoms with Crippen molar-refractivity contribution >= 4 is 5.95 Å². The number of hydrogen-bond donors (Lipinski definition) is 2. The number of rotatable bonds is 2. The fraction of sp³-hybridized carbons (Fsp3) is 0.429. The van der Waals surface area contributed by atoms with Crippen molar-refractivity contribution in [1.29, 1.82) is 0 Å². The van der Waals surface area contributed by atoms with E-state index >= 15 is 0 Å². The van der Waals surface area contributed by atoms with Crippen LogP contribution in [0.5, 0.6) is 11.5 Å². The molecule has 1 saturated heterocycles. The van der Waals surface area contributed by atoms with Gasteiger partial charge >= 0.3 is 0 Å². The zero-order valence-electron chi connectivity index (χ0n) is 11.1. The molecule has 1 aromatic carbocycles. The molecule has 0 unspecified atom stereocenters. The predicted molar refractivity (Wildman–Crippen MR) is 73.7 cm³/mol. The van der Waals surface area contributed by atoms with Crippen LogP contribution in [0.15, 0.2) is 22.7 Å². The second kappa shape index (κ2) is 5.40. The summed E-state index contributed by atoms with van der Waals surface area (Å²) in [6.07, 6.45) is 4.75. The van der Waals surface area contributed by atoms with E-state index in [4.69, 9.17) is 4.52 Å². The maximum absolute atomic E-state index is 9.49. The second-order valence-electron chi connectivity index (χ2n) is 5.04. The van der Waals surface area contributed by atoms with Gasteiger partial charge in [-0.3, -0.25) is 0 Å². The van der Waals surface area contributed by atoms with E-state index in [1.165, 1.54) is 31.0 Å². The molecule has 1 aliphatic heterocycles. The van der Waals surface area contributed by atoms with Crippen LogP contribution in [0.25, 0.3) is 11.5 Å². The molecule has 6 nitrogen and oxygen atoms in total. The topological polar surface area (TPSA) is 82.6 Å². The van der Waals surface area contributed by atoms with Gasteiger partial charge in [-0.05, 0) is 30.1 Å². The first kappa shape index (κ1) is 12.8. The fourth-order valence-electron chi connectivity index (χ4n) is 2.45. The lowest BCUT2D eigenvalue weighted by molar-refractivity contribution is 0.426. The van der Waals surface area contributed by atoms with E-state index in [0.717, 1.165) is 25.9 Å². The average Bonchev–Trinajstić information content (AvgIpc) is 2.74. The number of aromatic nitrogens is 2. The molecule has 0 spiro atoms. The van der Waals surface area contributed by atoms with Crippen molar-refractivity contribution in [2.24, 2.45) is 0 Å². The van der Waals surface area contributed by atoms with Crippen molar-refractivity contribution < 1.29 is 14.7 Å². The number of aromatic hydroxyl groups is 2. The molecular weight excluding hydrogens is 258 g/mol. The van der Waals surface area contributed by atoms with Gasteiger partial charge < -0.3 is 19.6 Å². The summed E-state index contributed by atoms with van der Waals surface area (Å²) in [6.45, 7) is 1.87. The minimum absolute atomic E-state index is 0.0328. The maximum atomic E-state index is 9.49. The zero-order valence-corrected chi connectivity index (χ0v) is 11.1. The third-order valence-electron chi connectivity index (χ3n) is 3.45. The molecule has 2 N–H and O–H groups in total. The molecule has 0 bridgehead atoms. The first-order valence-electron chi connectivity index (χ1n) is 6.84. The molecule has 106 valence electrons. The Morgan fingerprint density at radius 2 is 1.60 bits per heavy atom. The largest absolute Gasteiger partial charge is 0.508 e. The average molecular weight is 275 g/mol. The Balaban J connectivity index is 1.85. The highest BCUT2D eigenvalue weighted by molar-refractivity contribution is 5.59. The van der Waals surface area contributed by atoms with Gasteiger partial charge in [0.15, 0.2) is 0 Å². The van der Waals surface area contributed by atoms with Crippen molar-refractivity contribution in [2.45, 2.75) is 25.7 Å². The second-order valence-corrected chi connectivity index (χ2v) is 5.04. The van der Waals surface area contributed by atoms with Gasteiger partial charge in [0.25, 0.3) is 11.8 Å². The molecule has 20 heavy (non-hydrogen) atoms. The quantitative estimate of drug-likeness (QED) is 0.876. The first-order chi connectivity index (χ1) is 9.72. The Labute approximate surface area is 116 Å². The number of anilines is 1. The molecule has 2 heterocycles. The van der Waals surface area contributed by atoms with Crippen molar-refractivity contribution in [3.05, 3.63) is 18.2 Å².